The molecule has 1 saturated heterocycles. The maximum absolute atomic E-state index is 12.2. The summed E-state index contributed by atoms with van der Waals surface area (Å²) in [6.45, 7) is 2.34. The van der Waals surface area contributed by atoms with Crippen molar-refractivity contribution in [1.29, 1.82) is 0 Å². The first kappa shape index (κ1) is 14.8. The number of hydrogen-bond acceptors (Lipinski definition) is 4. The fourth-order valence-electron chi connectivity index (χ4n) is 2.43. The van der Waals surface area contributed by atoms with Gasteiger partial charge in [0.25, 0.3) is 5.91 Å². The van der Waals surface area contributed by atoms with Crippen LogP contribution in [-0.4, -0.2) is 39.4 Å². The number of carbonyl (C=O) groups is 1. The lowest BCUT2D eigenvalue weighted by Gasteiger charge is -2.13. The third kappa shape index (κ3) is 3.50. The molecular weight excluding hydrogens is 276 g/mol. The summed E-state index contributed by atoms with van der Waals surface area (Å²) in [5, 5.41) is 5.83. The highest BCUT2D eigenvalue weighted by atomic mass is 32.2. The molecule has 1 aromatic carbocycles. The van der Waals surface area contributed by atoms with E-state index in [1.54, 1.807) is 7.05 Å². The maximum atomic E-state index is 12.2. The number of hydrogen-bond donors (Lipinski definition) is 2. The summed E-state index contributed by atoms with van der Waals surface area (Å²) >= 11 is 0. The van der Waals surface area contributed by atoms with Crippen LogP contribution >= 0.6 is 0 Å². The van der Waals surface area contributed by atoms with Gasteiger partial charge < -0.3 is 10.6 Å². The summed E-state index contributed by atoms with van der Waals surface area (Å²) in [5.74, 6) is 0.286. The summed E-state index contributed by atoms with van der Waals surface area (Å²) in [6, 6.07) is 5.63. The van der Waals surface area contributed by atoms with E-state index in [4.69, 9.17) is 0 Å². The highest BCUT2D eigenvalue weighted by Gasteiger charge is 2.28. The average molecular weight is 296 g/mol. The molecular formula is C14H20N2O3S. The summed E-state index contributed by atoms with van der Waals surface area (Å²) < 4.78 is 22.8. The first-order valence-corrected chi connectivity index (χ1v) is 8.50. The number of aryl methyl sites for hydroxylation is 1. The second-order valence-electron chi connectivity index (χ2n) is 5.28. The van der Waals surface area contributed by atoms with Gasteiger partial charge in [-0.3, -0.25) is 4.79 Å². The molecule has 110 valence electrons. The Labute approximate surface area is 119 Å². The Morgan fingerprint density at radius 3 is 2.75 bits per heavy atom. The fourth-order valence-corrected chi connectivity index (χ4v) is 4.29. The Hall–Kier alpha value is -1.56. The largest absolute Gasteiger partial charge is 0.387 e. The second-order valence-corrected chi connectivity index (χ2v) is 7.51. The maximum Gasteiger partial charge on any atom is 0.253 e. The van der Waals surface area contributed by atoms with Crippen LogP contribution in [0, 0.1) is 12.8 Å². The van der Waals surface area contributed by atoms with Crippen molar-refractivity contribution in [2.24, 2.45) is 5.92 Å². The first-order valence-electron chi connectivity index (χ1n) is 6.68. The summed E-state index contributed by atoms with van der Waals surface area (Å²) in [4.78, 5) is 12.2. The van der Waals surface area contributed by atoms with Crippen LogP contribution in [0.5, 0.6) is 0 Å². The number of carbonyl (C=O) groups excluding carboxylic acids is 1. The van der Waals surface area contributed by atoms with Gasteiger partial charge in [0.15, 0.2) is 9.84 Å². The lowest BCUT2D eigenvalue weighted by Crippen LogP contribution is -2.30. The molecule has 1 aliphatic heterocycles. The molecule has 1 aromatic rings. The molecule has 0 radical (unpaired) electrons. The molecule has 1 atom stereocenters. The molecule has 1 aliphatic rings. The predicted octanol–water partition coefficient (Wildman–Crippen LogP) is 1.20. The van der Waals surface area contributed by atoms with Gasteiger partial charge >= 0.3 is 0 Å². The smallest absolute Gasteiger partial charge is 0.253 e. The second kappa shape index (κ2) is 5.83. The molecule has 0 aromatic heterocycles. The van der Waals surface area contributed by atoms with Crippen molar-refractivity contribution in [2.45, 2.75) is 13.3 Å². The quantitative estimate of drug-likeness (QED) is 0.875. The van der Waals surface area contributed by atoms with Gasteiger partial charge in [-0.15, -0.1) is 0 Å². The first-order chi connectivity index (χ1) is 9.41. The van der Waals surface area contributed by atoms with Gasteiger partial charge in [0.2, 0.25) is 0 Å². The minimum absolute atomic E-state index is 0.0341. The van der Waals surface area contributed by atoms with E-state index in [-0.39, 0.29) is 23.3 Å². The van der Waals surface area contributed by atoms with Crippen LogP contribution in [0.15, 0.2) is 18.2 Å². The minimum Gasteiger partial charge on any atom is -0.387 e. The molecule has 2 rings (SSSR count). The van der Waals surface area contributed by atoms with Crippen molar-refractivity contribution in [2.75, 3.05) is 30.4 Å². The number of anilines is 1. The Morgan fingerprint density at radius 2 is 2.15 bits per heavy atom. The number of sulfone groups is 1. The van der Waals surface area contributed by atoms with Crippen LogP contribution in [-0.2, 0) is 9.84 Å². The third-order valence-electron chi connectivity index (χ3n) is 3.57. The Kier molecular flexibility index (Phi) is 4.32. The van der Waals surface area contributed by atoms with E-state index in [0.29, 0.717) is 18.5 Å². The summed E-state index contributed by atoms with van der Waals surface area (Å²) in [7, 11) is -1.12. The van der Waals surface area contributed by atoms with Crippen molar-refractivity contribution in [1.82, 2.24) is 5.32 Å². The van der Waals surface area contributed by atoms with Gasteiger partial charge in [-0.05, 0) is 31.4 Å². The van der Waals surface area contributed by atoms with Crippen molar-refractivity contribution >= 4 is 21.4 Å². The molecule has 20 heavy (non-hydrogen) atoms. The minimum atomic E-state index is -2.89. The van der Waals surface area contributed by atoms with Crippen LogP contribution in [0.3, 0.4) is 0 Å². The molecule has 0 bridgehead atoms. The highest BCUT2D eigenvalue weighted by molar-refractivity contribution is 7.91. The molecule has 5 nitrogen and oxygen atoms in total. The van der Waals surface area contributed by atoms with Crippen LogP contribution in [0.25, 0.3) is 0 Å². The zero-order chi connectivity index (χ0) is 14.8. The lowest BCUT2D eigenvalue weighted by atomic mass is 10.1. The van der Waals surface area contributed by atoms with Crippen LogP contribution in [0.2, 0.25) is 0 Å². The van der Waals surface area contributed by atoms with Gasteiger partial charge in [0.1, 0.15) is 0 Å². The van der Waals surface area contributed by atoms with Crippen molar-refractivity contribution in [3.05, 3.63) is 29.3 Å². The monoisotopic (exact) mass is 296 g/mol. The Balaban J connectivity index is 2.00. The third-order valence-corrected chi connectivity index (χ3v) is 5.40. The topological polar surface area (TPSA) is 75.3 Å². The highest BCUT2D eigenvalue weighted by Crippen LogP contribution is 2.19. The molecule has 1 unspecified atom stereocenters. The predicted molar refractivity (Wildman–Crippen MR) is 79.8 cm³/mol. The molecule has 0 spiro atoms. The number of amides is 1. The number of rotatable bonds is 4. The van der Waals surface area contributed by atoms with Gasteiger partial charge in [-0.1, -0.05) is 11.6 Å². The molecule has 2 N–H and O–H groups in total. The number of benzene rings is 1. The zero-order valence-electron chi connectivity index (χ0n) is 11.8. The van der Waals surface area contributed by atoms with E-state index in [1.807, 2.05) is 25.1 Å². The molecule has 1 heterocycles. The van der Waals surface area contributed by atoms with Crippen LogP contribution in [0.4, 0.5) is 5.69 Å². The fraction of sp³-hybridized carbons (Fsp3) is 0.500. The normalized spacial score (nSPS) is 20.6. The van der Waals surface area contributed by atoms with E-state index in [1.165, 1.54) is 0 Å². The van der Waals surface area contributed by atoms with Crippen LogP contribution < -0.4 is 10.6 Å². The molecule has 0 aliphatic carbocycles. The van der Waals surface area contributed by atoms with Crippen LogP contribution in [0.1, 0.15) is 22.3 Å². The van der Waals surface area contributed by atoms with Crippen molar-refractivity contribution in [3.8, 4) is 0 Å². The average Bonchev–Trinajstić information content (AvgIpc) is 2.75. The standard InChI is InChI=1S/C14H20N2O3S/c1-10-3-4-13(15-2)12(7-10)14(17)16-8-11-5-6-20(18,19)9-11/h3-4,7,11,15H,5-6,8-9H2,1-2H3,(H,16,17). The van der Waals surface area contributed by atoms with Gasteiger partial charge in [0, 0.05) is 19.3 Å². The van der Waals surface area contributed by atoms with Gasteiger partial charge in [0.05, 0.1) is 17.1 Å². The summed E-state index contributed by atoms with van der Waals surface area (Å²) in [6.07, 6.45) is 0.634. The van der Waals surface area contributed by atoms with E-state index in [2.05, 4.69) is 10.6 Å². The lowest BCUT2D eigenvalue weighted by molar-refractivity contribution is 0.0949. The van der Waals surface area contributed by atoms with Gasteiger partial charge in [-0.2, -0.15) is 0 Å². The van der Waals surface area contributed by atoms with E-state index >= 15 is 0 Å². The van der Waals surface area contributed by atoms with E-state index in [0.717, 1.165) is 11.3 Å². The van der Waals surface area contributed by atoms with Crippen molar-refractivity contribution < 1.29 is 13.2 Å². The summed E-state index contributed by atoms with van der Waals surface area (Å²) in [5.41, 5.74) is 2.37. The molecule has 1 fully saturated rings. The molecule has 1 amide bonds. The number of nitrogens with one attached hydrogen (secondary N) is 2. The molecule has 6 heteroatoms. The van der Waals surface area contributed by atoms with Gasteiger partial charge in [-0.25, -0.2) is 8.42 Å². The SMILES string of the molecule is CNc1ccc(C)cc1C(=O)NCC1CCS(=O)(=O)C1. The van der Waals surface area contributed by atoms with E-state index < -0.39 is 9.84 Å². The Bertz CT molecular complexity index is 611. The zero-order valence-corrected chi connectivity index (χ0v) is 12.6. The van der Waals surface area contributed by atoms with Crippen molar-refractivity contribution in [3.63, 3.8) is 0 Å². The molecule has 0 saturated carbocycles. The Morgan fingerprint density at radius 1 is 1.40 bits per heavy atom. The van der Waals surface area contributed by atoms with E-state index in [9.17, 15) is 13.2 Å².